The number of carbonyl (C=O) groups is 3. The van der Waals surface area contributed by atoms with Gasteiger partial charge in [-0.15, -0.1) is 0 Å². The molecule has 2 unspecified atom stereocenters. The monoisotopic (exact) mass is 370 g/mol. The molecule has 0 saturated carbocycles. The number of Topliss-reactive ketones (excluding diaryl/α,β-unsaturated/α-hetero) is 1. The summed E-state index contributed by atoms with van der Waals surface area (Å²) in [6.07, 6.45) is 3.09. The van der Waals surface area contributed by atoms with Crippen LogP contribution in [0.4, 0.5) is 4.79 Å². The summed E-state index contributed by atoms with van der Waals surface area (Å²) in [5, 5.41) is 2.93. The number of fused-ring (bicyclic) bond motifs is 2. The number of carbonyl (C=O) groups excluding carboxylic acids is 3. The summed E-state index contributed by atoms with van der Waals surface area (Å²) in [6, 6.07) is 7.00. The van der Waals surface area contributed by atoms with Crippen molar-refractivity contribution in [1.82, 2.24) is 10.2 Å². The van der Waals surface area contributed by atoms with Crippen LogP contribution >= 0.6 is 0 Å². The SMILES string of the molecule is CCCNC(=O)N1C2CCC1C(C(=O)OC)=C(c1ccc(C(C)=O)cc1)C2. The van der Waals surface area contributed by atoms with Gasteiger partial charge in [-0.25, -0.2) is 9.59 Å². The predicted octanol–water partition coefficient (Wildman–Crippen LogP) is 3.17. The van der Waals surface area contributed by atoms with Crippen molar-refractivity contribution in [3.8, 4) is 0 Å². The molecule has 2 atom stereocenters. The first-order valence-electron chi connectivity index (χ1n) is 9.46. The first-order chi connectivity index (χ1) is 13.0. The zero-order valence-corrected chi connectivity index (χ0v) is 16.1. The summed E-state index contributed by atoms with van der Waals surface area (Å²) in [4.78, 5) is 38.6. The van der Waals surface area contributed by atoms with Gasteiger partial charge in [-0.1, -0.05) is 31.2 Å². The smallest absolute Gasteiger partial charge is 0.336 e. The minimum absolute atomic E-state index is 0.00575. The third-order valence-corrected chi connectivity index (χ3v) is 5.41. The third kappa shape index (κ3) is 3.61. The predicted molar refractivity (Wildman–Crippen MR) is 102 cm³/mol. The van der Waals surface area contributed by atoms with E-state index in [2.05, 4.69) is 5.32 Å². The Hall–Kier alpha value is -2.63. The van der Waals surface area contributed by atoms with Gasteiger partial charge in [-0.3, -0.25) is 4.79 Å². The fourth-order valence-corrected chi connectivity index (χ4v) is 4.09. The Labute approximate surface area is 159 Å². The van der Waals surface area contributed by atoms with Crippen LogP contribution in [-0.2, 0) is 9.53 Å². The number of benzene rings is 1. The summed E-state index contributed by atoms with van der Waals surface area (Å²) >= 11 is 0. The molecule has 144 valence electrons. The Morgan fingerprint density at radius 1 is 1.19 bits per heavy atom. The molecule has 6 heteroatoms. The zero-order chi connectivity index (χ0) is 19.6. The highest BCUT2D eigenvalue weighted by molar-refractivity contribution is 6.01. The summed E-state index contributed by atoms with van der Waals surface area (Å²) in [7, 11) is 1.37. The summed E-state index contributed by atoms with van der Waals surface area (Å²) < 4.78 is 5.05. The molecular formula is C21H26N2O4. The van der Waals surface area contributed by atoms with Crippen LogP contribution in [0.5, 0.6) is 0 Å². The lowest BCUT2D eigenvalue weighted by molar-refractivity contribution is -0.136. The summed E-state index contributed by atoms with van der Waals surface area (Å²) in [5.74, 6) is -0.384. The fraction of sp³-hybridized carbons (Fsp3) is 0.476. The highest BCUT2D eigenvalue weighted by atomic mass is 16.5. The van der Waals surface area contributed by atoms with Crippen molar-refractivity contribution < 1.29 is 19.1 Å². The van der Waals surface area contributed by atoms with Gasteiger partial charge in [-0.2, -0.15) is 0 Å². The maximum atomic E-state index is 12.6. The van der Waals surface area contributed by atoms with Gasteiger partial charge in [0.15, 0.2) is 5.78 Å². The van der Waals surface area contributed by atoms with Crippen molar-refractivity contribution in [2.24, 2.45) is 0 Å². The normalized spacial score (nSPS) is 21.2. The lowest BCUT2D eigenvalue weighted by atomic mass is 9.88. The van der Waals surface area contributed by atoms with Gasteiger partial charge >= 0.3 is 12.0 Å². The summed E-state index contributed by atoms with van der Waals surface area (Å²) in [6.45, 7) is 4.15. The Morgan fingerprint density at radius 3 is 2.48 bits per heavy atom. The molecule has 2 bridgehead atoms. The van der Waals surface area contributed by atoms with Gasteiger partial charge in [0.25, 0.3) is 0 Å². The number of nitrogens with zero attached hydrogens (tertiary/aromatic N) is 1. The molecule has 1 N–H and O–H groups in total. The molecule has 6 nitrogen and oxygen atoms in total. The topological polar surface area (TPSA) is 75.7 Å². The van der Waals surface area contributed by atoms with Crippen molar-refractivity contribution in [2.45, 2.75) is 51.6 Å². The Morgan fingerprint density at radius 2 is 1.89 bits per heavy atom. The molecule has 0 aliphatic carbocycles. The minimum Gasteiger partial charge on any atom is -0.466 e. The summed E-state index contributed by atoms with van der Waals surface area (Å²) in [5.41, 5.74) is 3.03. The van der Waals surface area contributed by atoms with E-state index in [0.717, 1.165) is 30.4 Å². The van der Waals surface area contributed by atoms with E-state index in [9.17, 15) is 14.4 Å². The van der Waals surface area contributed by atoms with Gasteiger partial charge in [0.1, 0.15) is 0 Å². The van der Waals surface area contributed by atoms with Crippen LogP contribution < -0.4 is 5.32 Å². The van der Waals surface area contributed by atoms with Crippen molar-refractivity contribution in [3.05, 3.63) is 41.0 Å². The van der Waals surface area contributed by atoms with Crippen molar-refractivity contribution in [1.29, 1.82) is 0 Å². The van der Waals surface area contributed by atoms with E-state index in [1.54, 1.807) is 12.1 Å². The van der Waals surface area contributed by atoms with Crippen LogP contribution in [0.1, 0.15) is 55.5 Å². The molecule has 0 radical (unpaired) electrons. The number of amides is 2. The fourth-order valence-electron chi connectivity index (χ4n) is 4.09. The molecule has 1 aromatic rings. The maximum absolute atomic E-state index is 12.6. The zero-order valence-electron chi connectivity index (χ0n) is 16.1. The molecule has 0 aromatic heterocycles. The number of ether oxygens (including phenoxy) is 1. The highest BCUT2D eigenvalue weighted by Gasteiger charge is 2.46. The van der Waals surface area contributed by atoms with E-state index in [0.29, 0.717) is 24.1 Å². The van der Waals surface area contributed by atoms with Crippen LogP contribution in [0.2, 0.25) is 0 Å². The maximum Gasteiger partial charge on any atom is 0.336 e. The van der Waals surface area contributed by atoms with E-state index in [4.69, 9.17) is 4.74 Å². The highest BCUT2D eigenvalue weighted by Crippen LogP contribution is 2.43. The molecule has 2 aliphatic rings. The molecule has 2 aliphatic heterocycles. The average Bonchev–Trinajstić information content (AvgIpc) is 2.99. The molecule has 1 fully saturated rings. The van der Waals surface area contributed by atoms with Crippen LogP contribution in [-0.4, -0.2) is 48.4 Å². The van der Waals surface area contributed by atoms with Crippen LogP contribution in [0, 0.1) is 0 Å². The Kier molecular flexibility index (Phi) is 5.63. The van der Waals surface area contributed by atoms with E-state index in [-0.39, 0.29) is 29.9 Å². The van der Waals surface area contributed by atoms with E-state index < -0.39 is 0 Å². The van der Waals surface area contributed by atoms with Crippen LogP contribution in [0.25, 0.3) is 5.57 Å². The van der Waals surface area contributed by atoms with Gasteiger partial charge in [0.2, 0.25) is 0 Å². The molecule has 3 rings (SSSR count). The van der Waals surface area contributed by atoms with E-state index in [1.165, 1.54) is 14.0 Å². The standard InChI is InChI=1S/C21H26N2O4/c1-4-11-22-21(26)23-16-9-10-18(23)19(20(25)27-3)17(12-16)15-7-5-14(6-8-15)13(2)24/h5-8,16,18H,4,9-12H2,1-3H3,(H,22,26). The second-order valence-corrected chi connectivity index (χ2v) is 7.11. The Balaban J connectivity index is 1.99. The minimum atomic E-state index is -0.390. The molecule has 1 saturated heterocycles. The Bertz CT molecular complexity index is 782. The number of ketones is 1. The number of hydrogen-bond donors (Lipinski definition) is 1. The van der Waals surface area contributed by atoms with Crippen molar-refractivity contribution in [2.75, 3.05) is 13.7 Å². The molecule has 2 amide bonds. The van der Waals surface area contributed by atoms with Crippen LogP contribution in [0.3, 0.4) is 0 Å². The quantitative estimate of drug-likeness (QED) is 0.638. The molecular weight excluding hydrogens is 344 g/mol. The number of hydrogen-bond acceptors (Lipinski definition) is 4. The number of esters is 1. The van der Waals surface area contributed by atoms with E-state index in [1.807, 2.05) is 24.0 Å². The van der Waals surface area contributed by atoms with Crippen LogP contribution in [0.15, 0.2) is 29.8 Å². The molecule has 2 heterocycles. The van der Waals surface area contributed by atoms with Gasteiger partial charge in [0, 0.05) is 18.2 Å². The van der Waals surface area contributed by atoms with E-state index >= 15 is 0 Å². The lowest BCUT2D eigenvalue weighted by Gasteiger charge is -2.37. The molecule has 27 heavy (non-hydrogen) atoms. The largest absolute Gasteiger partial charge is 0.466 e. The number of rotatable bonds is 5. The molecule has 0 spiro atoms. The molecule has 1 aromatic carbocycles. The first-order valence-corrected chi connectivity index (χ1v) is 9.46. The lowest BCUT2D eigenvalue weighted by Crippen LogP contribution is -2.51. The first kappa shape index (κ1) is 19.1. The van der Waals surface area contributed by atoms with Crippen molar-refractivity contribution in [3.63, 3.8) is 0 Å². The van der Waals surface area contributed by atoms with Gasteiger partial charge in [-0.05, 0) is 43.7 Å². The third-order valence-electron chi connectivity index (χ3n) is 5.41. The number of methoxy groups -OCH3 is 1. The second kappa shape index (κ2) is 7.94. The van der Waals surface area contributed by atoms with Gasteiger partial charge in [0.05, 0.1) is 18.7 Å². The number of nitrogens with one attached hydrogen (secondary N) is 1. The second-order valence-electron chi connectivity index (χ2n) is 7.11. The average molecular weight is 370 g/mol. The number of urea groups is 1. The van der Waals surface area contributed by atoms with Crippen molar-refractivity contribution >= 4 is 23.4 Å². The van der Waals surface area contributed by atoms with Gasteiger partial charge < -0.3 is 15.0 Å².